The molecule has 204 valence electrons. The third-order valence-corrected chi connectivity index (χ3v) is 16.7. The molecule has 0 aliphatic heterocycles. The van der Waals surface area contributed by atoms with E-state index in [2.05, 4.69) is 72.9 Å². The van der Waals surface area contributed by atoms with E-state index in [1.807, 2.05) is 25.6 Å². The highest BCUT2D eigenvalue weighted by Gasteiger charge is 2.58. The molecular weight excluding hydrogens is 480 g/mol. The van der Waals surface area contributed by atoms with Crippen LogP contribution in [0.4, 0.5) is 0 Å². The van der Waals surface area contributed by atoms with Crippen LogP contribution in [-0.4, -0.2) is 47.3 Å². The van der Waals surface area contributed by atoms with E-state index in [4.69, 9.17) is 4.43 Å². The average molecular weight is 533 g/mol. The zero-order valence-corrected chi connectivity index (χ0v) is 26.4. The van der Waals surface area contributed by atoms with Gasteiger partial charge in [0, 0.05) is 16.4 Å². The Morgan fingerprint density at radius 1 is 1.14 bits per heavy atom. The molecule has 2 fully saturated rings. The first-order valence-electron chi connectivity index (χ1n) is 14.2. The summed E-state index contributed by atoms with van der Waals surface area (Å²) in [6.07, 6.45) is 12.1. The van der Waals surface area contributed by atoms with Gasteiger partial charge in [0.1, 0.15) is 0 Å². The van der Waals surface area contributed by atoms with Crippen molar-refractivity contribution in [2.24, 2.45) is 22.7 Å². The Morgan fingerprint density at radius 3 is 2.42 bits per heavy atom. The molecule has 7 atom stereocenters. The molecule has 0 aromatic rings. The summed E-state index contributed by atoms with van der Waals surface area (Å²) in [4.78, 5) is 0. The molecule has 0 spiro atoms. The molecule has 4 rings (SSSR count). The first-order valence-corrected chi connectivity index (χ1v) is 18.2. The molecule has 0 aromatic heterocycles. The van der Waals surface area contributed by atoms with Crippen molar-refractivity contribution in [3.63, 3.8) is 0 Å². The van der Waals surface area contributed by atoms with Crippen LogP contribution in [0, 0.1) is 22.7 Å². The van der Waals surface area contributed by atoms with Gasteiger partial charge < -0.3 is 14.6 Å². The Bertz CT molecular complexity index is 952. The molecule has 5 heteroatoms. The van der Waals surface area contributed by atoms with E-state index >= 15 is 0 Å². The molecular formula is C31H52O3SSi. The van der Waals surface area contributed by atoms with Crippen molar-refractivity contribution in [1.82, 2.24) is 0 Å². The second kappa shape index (κ2) is 9.40. The van der Waals surface area contributed by atoms with Gasteiger partial charge in [-0.1, -0.05) is 69.6 Å². The SMILES string of the molecule is CC(SCC(C)(C)O)C1=CC[C@H]2C3=CC=C4C[C@@H](O)C[C@H](O[Si](C)(C)C(C)(C)C)[C@]4(C)[C@H]3CC[C@]12C. The Labute approximate surface area is 226 Å². The van der Waals surface area contributed by atoms with Crippen LogP contribution in [0.3, 0.4) is 0 Å². The van der Waals surface area contributed by atoms with Crippen molar-refractivity contribution in [1.29, 1.82) is 0 Å². The maximum Gasteiger partial charge on any atom is 0.192 e. The van der Waals surface area contributed by atoms with Gasteiger partial charge in [0.15, 0.2) is 8.32 Å². The fourth-order valence-corrected chi connectivity index (χ4v) is 10.0. The highest BCUT2D eigenvalue weighted by atomic mass is 32.2. The molecule has 1 unspecified atom stereocenters. The van der Waals surface area contributed by atoms with Crippen molar-refractivity contribution in [3.05, 3.63) is 34.9 Å². The van der Waals surface area contributed by atoms with Gasteiger partial charge in [0.05, 0.1) is 17.8 Å². The van der Waals surface area contributed by atoms with Gasteiger partial charge in [-0.3, -0.25) is 0 Å². The maximum atomic E-state index is 10.9. The van der Waals surface area contributed by atoms with Crippen LogP contribution in [-0.2, 0) is 4.43 Å². The van der Waals surface area contributed by atoms with Crippen molar-refractivity contribution in [2.45, 2.75) is 129 Å². The molecule has 4 aliphatic rings. The second-order valence-electron chi connectivity index (χ2n) is 14.8. The standard InChI is InChI=1S/C31H52O3SSi/c1-20(35-19-29(5,6)33)24-13-14-25-23-12-11-21-17-22(32)18-27(34-36(9,10)28(2,3)4)31(21,8)26(23)15-16-30(24,25)7/h11-13,20,22,25-27,32-33H,14-19H2,1-10H3/t20?,22-,25+,26+,27+,30-,31+/m1/s1. The number of thioether (sulfide) groups is 1. The third-order valence-electron chi connectivity index (χ3n) is 10.6. The minimum atomic E-state index is -1.98. The number of allylic oxidation sites excluding steroid dienone is 4. The minimum absolute atomic E-state index is 0.0375. The van der Waals surface area contributed by atoms with E-state index in [-0.39, 0.29) is 28.1 Å². The summed E-state index contributed by atoms with van der Waals surface area (Å²) in [7, 11) is -1.98. The van der Waals surface area contributed by atoms with Crippen LogP contribution in [0.1, 0.15) is 87.5 Å². The first-order chi connectivity index (χ1) is 16.4. The molecule has 2 N–H and O–H groups in total. The zero-order valence-electron chi connectivity index (χ0n) is 24.6. The number of rotatable bonds is 6. The summed E-state index contributed by atoms with van der Waals surface area (Å²) in [5.41, 5.74) is 4.14. The van der Waals surface area contributed by atoms with E-state index in [1.165, 1.54) is 18.4 Å². The highest BCUT2D eigenvalue weighted by Crippen LogP contribution is 2.65. The molecule has 0 saturated heterocycles. The number of hydrogen-bond acceptors (Lipinski definition) is 4. The van der Waals surface area contributed by atoms with Gasteiger partial charge in [-0.25, -0.2) is 0 Å². The van der Waals surface area contributed by atoms with E-state index in [1.54, 1.807) is 11.1 Å². The number of aliphatic hydroxyl groups excluding tert-OH is 1. The average Bonchev–Trinajstić information content (AvgIpc) is 3.09. The fraction of sp³-hybridized carbons (Fsp3) is 0.806. The summed E-state index contributed by atoms with van der Waals surface area (Å²) in [6.45, 7) is 22.8. The molecule has 36 heavy (non-hydrogen) atoms. The van der Waals surface area contributed by atoms with Crippen molar-refractivity contribution < 1.29 is 14.6 Å². The molecule has 2 saturated carbocycles. The highest BCUT2D eigenvalue weighted by molar-refractivity contribution is 8.00. The molecule has 0 radical (unpaired) electrons. The molecule has 4 aliphatic carbocycles. The van der Waals surface area contributed by atoms with Crippen LogP contribution in [0.2, 0.25) is 18.1 Å². The van der Waals surface area contributed by atoms with Crippen LogP contribution >= 0.6 is 11.8 Å². The lowest BCUT2D eigenvalue weighted by molar-refractivity contribution is -0.0417. The lowest BCUT2D eigenvalue weighted by atomic mass is 9.49. The van der Waals surface area contributed by atoms with Gasteiger partial charge >= 0.3 is 0 Å². The van der Waals surface area contributed by atoms with Crippen LogP contribution in [0.25, 0.3) is 0 Å². The molecule has 3 nitrogen and oxygen atoms in total. The fourth-order valence-electron chi connectivity index (χ4n) is 7.39. The maximum absolute atomic E-state index is 10.9. The van der Waals surface area contributed by atoms with Crippen LogP contribution in [0.5, 0.6) is 0 Å². The molecule has 0 heterocycles. The van der Waals surface area contributed by atoms with Crippen molar-refractivity contribution in [2.75, 3.05) is 5.75 Å². The lowest BCUT2D eigenvalue weighted by Gasteiger charge is -2.58. The normalized spacial score (nSPS) is 37.8. The molecule has 0 bridgehead atoms. The molecule has 0 aromatic carbocycles. The summed E-state index contributed by atoms with van der Waals surface area (Å²) >= 11 is 1.90. The molecule has 0 amide bonds. The van der Waals surface area contributed by atoms with E-state index < -0.39 is 13.9 Å². The van der Waals surface area contributed by atoms with Crippen LogP contribution < -0.4 is 0 Å². The predicted octanol–water partition coefficient (Wildman–Crippen LogP) is 7.66. The van der Waals surface area contributed by atoms with E-state index in [9.17, 15) is 10.2 Å². The van der Waals surface area contributed by atoms with Gasteiger partial charge in [-0.05, 0) is 88.3 Å². The summed E-state index contributed by atoms with van der Waals surface area (Å²) < 4.78 is 7.17. The Hall–Kier alpha value is -0.333. The Balaban J connectivity index is 1.63. The van der Waals surface area contributed by atoms with Gasteiger partial charge in [-0.2, -0.15) is 11.8 Å². The quantitative estimate of drug-likeness (QED) is 0.272. The predicted molar refractivity (Wildman–Crippen MR) is 157 cm³/mol. The first kappa shape index (κ1) is 28.7. The van der Waals surface area contributed by atoms with Gasteiger partial charge in [0.25, 0.3) is 0 Å². The van der Waals surface area contributed by atoms with E-state index in [0.29, 0.717) is 17.1 Å². The summed E-state index contributed by atoms with van der Waals surface area (Å²) in [6, 6.07) is 0. The smallest absolute Gasteiger partial charge is 0.192 e. The van der Waals surface area contributed by atoms with Crippen molar-refractivity contribution >= 4 is 20.1 Å². The van der Waals surface area contributed by atoms with Crippen molar-refractivity contribution in [3.8, 4) is 0 Å². The van der Waals surface area contributed by atoms with Gasteiger partial charge in [-0.15, -0.1) is 0 Å². The second-order valence-corrected chi connectivity index (χ2v) is 20.9. The Morgan fingerprint density at radius 2 is 1.81 bits per heavy atom. The Kier molecular flexibility index (Phi) is 7.48. The minimum Gasteiger partial charge on any atom is -0.413 e. The van der Waals surface area contributed by atoms with Crippen LogP contribution in [0.15, 0.2) is 34.9 Å². The van der Waals surface area contributed by atoms with Gasteiger partial charge in [0.2, 0.25) is 0 Å². The largest absolute Gasteiger partial charge is 0.413 e. The topological polar surface area (TPSA) is 49.7 Å². The van der Waals surface area contributed by atoms with E-state index in [0.717, 1.165) is 25.0 Å². The summed E-state index contributed by atoms with van der Waals surface area (Å²) in [5, 5.41) is 21.7. The lowest BCUT2D eigenvalue weighted by Crippen LogP contribution is -2.57. The number of aliphatic hydroxyl groups is 2. The summed E-state index contributed by atoms with van der Waals surface area (Å²) in [5.74, 6) is 1.80. The number of fused-ring (bicyclic) bond motifs is 5. The zero-order chi connectivity index (χ0) is 26.9. The number of hydrogen-bond donors (Lipinski definition) is 2. The monoisotopic (exact) mass is 532 g/mol. The third kappa shape index (κ3) is 4.90.